The van der Waals surface area contributed by atoms with Crippen LogP contribution in [0, 0.1) is 6.92 Å². The largest absolute Gasteiger partial charge is 0.493 e. The van der Waals surface area contributed by atoms with E-state index in [0.717, 1.165) is 24.2 Å². The zero-order chi connectivity index (χ0) is 17.8. The van der Waals surface area contributed by atoms with Crippen LogP contribution in [-0.2, 0) is 0 Å². The lowest BCUT2D eigenvalue weighted by Gasteiger charge is -2.19. The maximum absolute atomic E-state index is 12.2. The molecule has 0 radical (unpaired) electrons. The lowest BCUT2D eigenvalue weighted by atomic mass is 10.1. The number of benzene rings is 1. The Labute approximate surface area is 147 Å². The molecule has 0 aliphatic heterocycles. The number of aryl methyl sites for hydroxylation is 1. The molecule has 2 aromatic rings. The average molecular weight is 344 g/mol. The standard InChI is InChI=1S/C19H24N2O4/c1-12-10-16(21-25-12)19(22)20-13(2)14-8-9-17(18(11-14)23-3)24-15-6-4-5-7-15/h8-11,13,15H,4-7H2,1-3H3,(H,20,22)/t13-/m1/s1. The minimum Gasteiger partial charge on any atom is -0.493 e. The van der Waals surface area contributed by atoms with Crippen molar-refractivity contribution < 1.29 is 18.8 Å². The van der Waals surface area contributed by atoms with Crippen molar-refractivity contribution in [1.29, 1.82) is 0 Å². The van der Waals surface area contributed by atoms with Gasteiger partial charge in [0.25, 0.3) is 5.91 Å². The first-order chi connectivity index (χ1) is 12.1. The van der Waals surface area contributed by atoms with Gasteiger partial charge < -0.3 is 19.3 Å². The number of hydrogen-bond donors (Lipinski definition) is 1. The van der Waals surface area contributed by atoms with E-state index in [1.807, 2.05) is 25.1 Å². The summed E-state index contributed by atoms with van der Waals surface area (Å²) in [7, 11) is 1.63. The number of carbonyl (C=O) groups is 1. The number of amides is 1. The van der Waals surface area contributed by atoms with Crippen LogP contribution in [0.5, 0.6) is 11.5 Å². The third-order valence-electron chi connectivity index (χ3n) is 4.49. The van der Waals surface area contributed by atoms with Gasteiger partial charge in [-0.3, -0.25) is 4.79 Å². The molecule has 1 N–H and O–H groups in total. The lowest BCUT2D eigenvalue weighted by Crippen LogP contribution is -2.26. The molecule has 0 saturated heterocycles. The number of hydrogen-bond acceptors (Lipinski definition) is 5. The van der Waals surface area contributed by atoms with Crippen LogP contribution >= 0.6 is 0 Å². The van der Waals surface area contributed by atoms with E-state index in [9.17, 15) is 4.79 Å². The van der Waals surface area contributed by atoms with Crippen molar-refractivity contribution in [2.45, 2.75) is 51.7 Å². The molecular formula is C19H24N2O4. The van der Waals surface area contributed by atoms with Gasteiger partial charge in [-0.1, -0.05) is 11.2 Å². The van der Waals surface area contributed by atoms with E-state index in [-0.39, 0.29) is 23.7 Å². The van der Waals surface area contributed by atoms with Gasteiger partial charge in [0.15, 0.2) is 17.2 Å². The Hall–Kier alpha value is -2.50. The Morgan fingerprint density at radius 3 is 2.68 bits per heavy atom. The fourth-order valence-corrected chi connectivity index (χ4v) is 3.06. The van der Waals surface area contributed by atoms with E-state index in [2.05, 4.69) is 10.5 Å². The summed E-state index contributed by atoms with van der Waals surface area (Å²) >= 11 is 0. The second-order valence-electron chi connectivity index (χ2n) is 6.45. The van der Waals surface area contributed by atoms with E-state index in [4.69, 9.17) is 14.0 Å². The van der Waals surface area contributed by atoms with E-state index in [1.165, 1.54) is 12.8 Å². The highest BCUT2D eigenvalue weighted by Gasteiger charge is 2.20. The molecule has 1 amide bonds. The van der Waals surface area contributed by atoms with Crippen molar-refractivity contribution in [2.75, 3.05) is 7.11 Å². The van der Waals surface area contributed by atoms with Gasteiger partial charge in [0, 0.05) is 6.07 Å². The first-order valence-electron chi connectivity index (χ1n) is 8.65. The molecule has 134 valence electrons. The predicted molar refractivity (Wildman–Crippen MR) is 93.0 cm³/mol. The Morgan fingerprint density at radius 2 is 2.04 bits per heavy atom. The van der Waals surface area contributed by atoms with Crippen LogP contribution in [0.15, 0.2) is 28.8 Å². The van der Waals surface area contributed by atoms with Crippen LogP contribution in [0.2, 0.25) is 0 Å². The van der Waals surface area contributed by atoms with Crippen molar-refractivity contribution in [2.24, 2.45) is 0 Å². The van der Waals surface area contributed by atoms with Crippen molar-refractivity contribution in [3.63, 3.8) is 0 Å². The lowest BCUT2D eigenvalue weighted by molar-refractivity contribution is 0.0930. The zero-order valence-corrected chi connectivity index (χ0v) is 14.9. The quantitative estimate of drug-likeness (QED) is 0.863. The number of rotatable bonds is 6. The summed E-state index contributed by atoms with van der Waals surface area (Å²) in [5, 5.41) is 6.65. The van der Waals surface area contributed by atoms with Gasteiger partial charge in [0.1, 0.15) is 5.76 Å². The molecule has 1 fully saturated rings. The molecule has 1 aliphatic carbocycles. The van der Waals surface area contributed by atoms with Gasteiger partial charge in [-0.05, 0) is 57.2 Å². The normalized spacial score (nSPS) is 15.8. The molecule has 6 heteroatoms. The average Bonchev–Trinajstić information content (AvgIpc) is 3.26. The summed E-state index contributed by atoms with van der Waals surface area (Å²) in [6.07, 6.45) is 4.89. The second kappa shape index (κ2) is 7.59. The number of aromatic nitrogens is 1. The Bertz CT molecular complexity index is 735. The van der Waals surface area contributed by atoms with E-state index >= 15 is 0 Å². The smallest absolute Gasteiger partial charge is 0.273 e. The molecule has 0 unspecified atom stereocenters. The third-order valence-corrected chi connectivity index (χ3v) is 4.49. The van der Waals surface area contributed by atoms with Crippen LogP contribution in [0.1, 0.15) is 60.5 Å². The SMILES string of the molecule is COc1cc([C@@H](C)NC(=O)c2cc(C)on2)ccc1OC1CCCC1. The zero-order valence-electron chi connectivity index (χ0n) is 14.9. The monoisotopic (exact) mass is 344 g/mol. The van der Waals surface area contributed by atoms with Gasteiger partial charge in [0.05, 0.1) is 19.3 Å². The van der Waals surface area contributed by atoms with Gasteiger partial charge >= 0.3 is 0 Å². The van der Waals surface area contributed by atoms with Gasteiger partial charge in [0.2, 0.25) is 0 Å². The summed E-state index contributed by atoms with van der Waals surface area (Å²) in [5.74, 6) is 1.77. The number of nitrogens with one attached hydrogen (secondary N) is 1. The highest BCUT2D eigenvalue weighted by molar-refractivity contribution is 5.92. The summed E-state index contributed by atoms with van der Waals surface area (Å²) < 4.78 is 16.5. The molecule has 6 nitrogen and oxygen atoms in total. The Morgan fingerprint density at radius 1 is 1.28 bits per heavy atom. The van der Waals surface area contributed by atoms with Crippen molar-refractivity contribution in [3.05, 3.63) is 41.3 Å². The molecule has 1 saturated carbocycles. The van der Waals surface area contributed by atoms with E-state index < -0.39 is 0 Å². The third kappa shape index (κ3) is 4.13. The highest BCUT2D eigenvalue weighted by Crippen LogP contribution is 2.33. The first kappa shape index (κ1) is 17.3. The molecule has 1 aromatic heterocycles. The summed E-state index contributed by atoms with van der Waals surface area (Å²) in [6, 6.07) is 7.19. The molecule has 1 aromatic carbocycles. The van der Waals surface area contributed by atoms with Gasteiger partial charge in [-0.2, -0.15) is 0 Å². The summed E-state index contributed by atoms with van der Waals surface area (Å²) in [4.78, 5) is 12.2. The van der Waals surface area contributed by atoms with Crippen molar-refractivity contribution in [3.8, 4) is 11.5 Å². The minimum absolute atomic E-state index is 0.195. The van der Waals surface area contributed by atoms with Crippen LogP contribution in [0.4, 0.5) is 0 Å². The maximum atomic E-state index is 12.2. The first-order valence-corrected chi connectivity index (χ1v) is 8.65. The van der Waals surface area contributed by atoms with Gasteiger partial charge in [-0.25, -0.2) is 0 Å². The fraction of sp³-hybridized carbons (Fsp3) is 0.474. The molecule has 0 bridgehead atoms. The number of methoxy groups -OCH3 is 1. The molecule has 0 spiro atoms. The fourth-order valence-electron chi connectivity index (χ4n) is 3.06. The minimum atomic E-state index is -0.269. The molecule has 3 rings (SSSR count). The van der Waals surface area contributed by atoms with Crippen LogP contribution in [-0.4, -0.2) is 24.3 Å². The van der Waals surface area contributed by atoms with Crippen LogP contribution < -0.4 is 14.8 Å². The summed E-state index contributed by atoms with van der Waals surface area (Å²) in [6.45, 7) is 3.66. The molecule has 25 heavy (non-hydrogen) atoms. The van der Waals surface area contributed by atoms with Crippen LogP contribution in [0.3, 0.4) is 0 Å². The molecule has 1 heterocycles. The maximum Gasteiger partial charge on any atom is 0.273 e. The van der Waals surface area contributed by atoms with E-state index in [1.54, 1.807) is 20.1 Å². The number of carbonyl (C=O) groups excluding carboxylic acids is 1. The van der Waals surface area contributed by atoms with Crippen LogP contribution in [0.25, 0.3) is 0 Å². The van der Waals surface area contributed by atoms with Crippen molar-refractivity contribution >= 4 is 5.91 Å². The number of ether oxygens (including phenoxy) is 2. The highest BCUT2D eigenvalue weighted by atomic mass is 16.5. The van der Waals surface area contributed by atoms with Gasteiger partial charge in [-0.15, -0.1) is 0 Å². The predicted octanol–water partition coefficient (Wildman–Crippen LogP) is 3.80. The molecular weight excluding hydrogens is 320 g/mol. The van der Waals surface area contributed by atoms with E-state index in [0.29, 0.717) is 11.5 Å². The Kier molecular flexibility index (Phi) is 5.26. The molecule has 1 aliphatic rings. The second-order valence-corrected chi connectivity index (χ2v) is 6.45. The number of nitrogens with zero attached hydrogens (tertiary/aromatic N) is 1. The molecule has 1 atom stereocenters. The summed E-state index contributed by atoms with van der Waals surface area (Å²) in [5.41, 5.74) is 1.21. The topological polar surface area (TPSA) is 73.6 Å². The Balaban J connectivity index is 1.69. The van der Waals surface area contributed by atoms with Crippen molar-refractivity contribution in [1.82, 2.24) is 10.5 Å².